The number of nitrogens with one attached hydrogen (secondary N) is 1. The molecule has 0 amide bonds. The lowest BCUT2D eigenvalue weighted by atomic mass is 10.2. The van der Waals surface area contributed by atoms with E-state index in [0.29, 0.717) is 0 Å². The van der Waals surface area contributed by atoms with Crippen LogP contribution < -0.4 is 5.32 Å². The van der Waals surface area contributed by atoms with Crippen molar-refractivity contribution in [2.45, 2.75) is 39.2 Å². The molecule has 18 heavy (non-hydrogen) atoms. The molecule has 0 aliphatic heterocycles. The van der Waals surface area contributed by atoms with Gasteiger partial charge in [0.25, 0.3) is 0 Å². The Hall–Kier alpha value is -0.800. The summed E-state index contributed by atoms with van der Waals surface area (Å²) >= 11 is 1.44. The van der Waals surface area contributed by atoms with Crippen molar-refractivity contribution < 1.29 is 4.79 Å². The maximum absolute atomic E-state index is 10.7. The Morgan fingerprint density at radius 2 is 1.83 bits per heavy atom. The molecule has 100 valence electrons. The second-order valence-corrected chi connectivity index (χ2v) is 5.69. The molecule has 0 unspecified atom stereocenters. The zero-order chi connectivity index (χ0) is 13.1. The van der Waals surface area contributed by atoms with E-state index < -0.39 is 0 Å². The number of benzene rings is 1. The van der Waals surface area contributed by atoms with Crippen molar-refractivity contribution >= 4 is 16.9 Å². The van der Waals surface area contributed by atoms with Crippen molar-refractivity contribution in [1.29, 1.82) is 0 Å². The highest BCUT2D eigenvalue weighted by Crippen LogP contribution is 2.07. The lowest BCUT2D eigenvalue weighted by molar-refractivity contribution is -0.109. The third-order valence-corrected chi connectivity index (χ3v) is 3.62. The minimum Gasteiger partial charge on any atom is -0.313 e. The molecule has 0 saturated heterocycles. The fourth-order valence-electron chi connectivity index (χ4n) is 1.75. The van der Waals surface area contributed by atoms with Gasteiger partial charge in [-0.15, -0.1) is 0 Å². The van der Waals surface area contributed by atoms with Gasteiger partial charge in [0.05, 0.1) is 0 Å². The van der Waals surface area contributed by atoms with E-state index in [9.17, 15) is 4.79 Å². The first kappa shape index (κ1) is 15.3. The molecule has 0 heterocycles. The first-order valence-corrected chi connectivity index (χ1v) is 7.65. The molecule has 0 atom stereocenters. The zero-order valence-electron chi connectivity index (χ0n) is 11.2. The Labute approximate surface area is 115 Å². The number of rotatable bonds is 9. The van der Waals surface area contributed by atoms with Crippen molar-refractivity contribution in [1.82, 2.24) is 5.32 Å². The van der Waals surface area contributed by atoms with Gasteiger partial charge in [-0.3, -0.25) is 4.79 Å². The molecule has 0 bridgehead atoms. The van der Waals surface area contributed by atoms with Gasteiger partial charge >= 0.3 is 0 Å². The van der Waals surface area contributed by atoms with E-state index >= 15 is 0 Å². The smallest absolute Gasteiger partial charge is 0.185 e. The van der Waals surface area contributed by atoms with Crippen LogP contribution in [0.15, 0.2) is 30.3 Å². The predicted molar refractivity (Wildman–Crippen MR) is 79.8 cm³/mol. The van der Waals surface area contributed by atoms with Crippen molar-refractivity contribution in [3.63, 3.8) is 0 Å². The van der Waals surface area contributed by atoms with Gasteiger partial charge in [-0.05, 0) is 24.9 Å². The second kappa shape index (κ2) is 10.2. The normalized spacial score (nSPS) is 10.5. The van der Waals surface area contributed by atoms with E-state index in [1.165, 1.54) is 36.6 Å². The van der Waals surface area contributed by atoms with Crippen LogP contribution in [0.2, 0.25) is 0 Å². The second-order valence-electron chi connectivity index (χ2n) is 4.42. The van der Waals surface area contributed by atoms with Gasteiger partial charge < -0.3 is 5.32 Å². The monoisotopic (exact) mass is 265 g/mol. The van der Waals surface area contributed by atoms with E-state index in [2.05, 4.69) is 29.6 Å². The first-order chi connectivity index (χ1) is 8.79. The molecule has 3 heteroatoms. The molecule has 0 aliphatic rings. The van der Waals surface area contributed by atoms with Gasteiger partial charge in [0.15, 0.2) is 5.12 Å². The molecule has 0 saturated carbocycles. The molecule has 1 aromatic rings. The summed E-state index contributed by atoms with van der Waals surface area (Å²) in [5.74, 6) is 0.979. The number of thioether (sulfide) groups is 1. The molecular weight excluding hydrogens is 242 g/mol. The standard InChI is InChI=1S/C15H23NOS/c1-14(17)18-12-8-3-2-7-11-16-13-15-9-5-4-6-10-15/h4-6,9-10,16H,2-3,7-8,11-13H2,1H3. The highest BCUT2D eigenvalue weighted by molar-refractivity contribution is 8.13. The summed E-state index contributed by atoms with van der Waals surface area (Å²) in [6, 6.07) is 10.5. The van der Waals surface area contributed by atoms with Crippen LogP contribution in [0, 0.1) is 0 Å². The van der Waals surface area contributed by atoms with Crippen LogP contribution in [-0.4, -0.2) is 17.4 Å². The van der Waals surface area contributed by atoms with Crippen LogP contribution in [0.5, 0.6) is 0 Å². The topological polar surface area (TPSA) is 29.1 Å². The number of hydrogen-bond acceptors (Lipinski definition) is 3. The Kier molecular flexibility index (Phi) is 8.61. The van der Waals surface area contributed by atoms with E-state index in [1.54, 1.807) is 6.92 Å². The van der Waals surface area contributed by atoms with Crippen LogP contribution in [0.1, 0.15) is 38.2 Å². The van der Waals surface area contributed by atoms with Crippen LogP contribution in [0.3, 0.4) is 0 Å². The molecule has 1 aromatic carbocycles. The number of unbranched alkanes of at least 4 members (excludes halogenated alkanes) is 3. The Balaban J connectivity index is 1.86. The summed E-state index contributed by atoms with van der Waals surface area (Å²) in [6.07, 6.45) is 4.86. The number of carbonyl (C=O) groups excluding carboxylic acids is 1. The van der Waals surface area contributed by atoms with Gasteiger partial charge in [-0.25, -0.2) is 0 Å². The first-order valence-electron chi connectivity index (χ1n) is 6.67. The minimum absolute atomic E-state index is 0.236. The Morgan fingerprint density at radius 3 is 2.56 bits per heavy atom. The molecule has 2 nitrogen and oxygen atoms in total. The maximum Gasteiger partial charge on any atom is 0.185 e. The lowest BCUT2D eigenvalue weighted by Crippen LogP contribution is -2.14. The largest absolute Gasteiger partial charge is 0.313 e. The van der Waals surface area contributed by atoms with E-state index in [-0.39, 0.29) is 5.12 Å². The highest BCUT2D eigenvalue weighted by atomic mass is 32.2. The third kappa shape index (κ3) is 8.31. The predicted octanol–water partition coefficient (Wildman–Crippen LogP) is 3.62. The average Bonchev–Trinajstić information content (AvgIpc) is 2.37. The van der Waals surface area contributed by atoms with Crippen molar-refractivity contribution in [2.75, 3.05) is 12.3 Å². The minimum atomic E-state index is 0.236. The fraction of sp³-hybridized carbons (Fsp3) is 0.533. The van der Waals surface area contributed by atoms with E-state index in [0.717, 1.165) is 25.3 Å². The lowest BCUT2D eigenvalue weighted by Gasteiger charge is -2.04. The van der Waals surface area contributed by atoms with Crippen molar-refractivity contribution in [2.24, 2.45) is 0 Å². The summed E-state index contributed by atoms with van der Waals surface area (Å²) in [6.45, 7) is 3.67. The van der Waals surface area contributed by atoms with Gasteiger partial charge in [0, 0.05) is 19.2 Å². The van der Waals surface area contributed by atoms with E-state index in [4.69, 9.17) is 0 Å². The molecule has 1 rings (SSSR count). The Morgan fingerprint density at radius 1 is 1.11 bits per heavy atom. The molecule has 1 N–H and O–H groups in total. The quantitative estimate of drug-likeness (QED) is 0.691. The van der Waals surface area contributed by atoms with E-state index in [1.807, 2.05) is 6.07 Å². The van der Waals surface area contributed by atoms with Crippen LogP contribution >= 0.6 is 11.8 Å². The van der Waals surface area contributed by atoms with Crippen molar-refractivity contribution in [3.8, 4) is 0 Å². The molecule has 0 aromatic heterocycles. The summed E-state index contributed by atoms with van der Waals surface area (Å²) in [5.41, 5.74) is 1.34. The third-order valence-electron chi connectivity index (χ3n) is 2.73. The van der Waals surface area contributed by atoms with Crippen LogP contribution in [0.25, 0.3) is 0 Å². The summed E-state index contributed by atoms with van der Waals surface area (Å²) in [7, 11) is 0. The van der Waals surface area contributed by atoms with Crippen LogP contribution in [-0.2, 0) is 11.3 Å². The molecule has 0 aliphatic carbocycles. The number of carbonyl (C=O) groups is 1. The van der Waals surface area contributed by atoms with Crippen LogP contribution in [0.4, 0.5) is 0 Å². The van der Waals surface area contributed by atoms with Gasteiger partial charge in [0.2, 0.25) is 0 Å². The summed E-state index contributed by atoms with van der Waals surface area (Å²) in [5, 5.41) is 3.69. The molecule has 0 spiro atoms. The SMILES string of the molecule is CC(=O)SCCCCCCNCc1ccccc1. The average molecular weight is 265 g/mol. The van der Waals surface area contributed by atoms with Crippen molar-refractivity contribution in [3.05, 3.63) is 35.9 Å². The fourth-order valence-corrected chi connectivity index (χ4v) is 2.39. The maximum atomic E-state index is 10.7. The summed E-state index contributed by atoms with van der Waals surface area (Å²) < 4.78 is 0. The van der Waals surface area contributed by atoms with Gasteiger partial charge in [-0.2, -0.15) is 0 Å². The zero-order valence-corrected chi connectivity index (χ0v) is 12.0. The Bertz CT molecular complexity index is 327. The number of hydrogen-bond donors (Lipinski definition) is 1. The van der Waals surface area contributed by atoms with Gasteiger partial charge in [0.1, 0.15) is 0 Å². The molecule has 0 radical (unpaired) electrons. The van der Waals surface area contributed by atoms with Gasteiger partial charge in [-0.1, -0.05) is 54.9 Å². The molecule has 0 fully saturated rings. The molecular formula is C15H23NOS. The highest BCUT2D eigenvalue weighted by Gasteiger charge is 1.95. The summed E-state index contributed by atoms with van der Waals surface area (Å²) in [4.78, 5) is 10.7.